The average Bonchev–Trinajstić information content (AvgIpc) is 2.49. The zero-order valence-corrected chi connectivity index (χ0v) is 13.8. The second-order valence-electron chi connectivity index (χ2n) is 6.08. The molecular weight excluding hydrogens is 316 g/mol. The van der Waals surface area contributed by atoms with E-state index in [2.05, 4.69) is 5.32 Å². The molecule has 0 aromatic heterocycles. The van der Waals surface area contributed by atoms with Crippen LogP contribution in [-0.2, 0) is 25.7 Å². The highest BCUT2D eigenvalue weighted by Gasteiger charge is 2.36. The second-order valence-corrected chi connectivity index (χ2v) is 6.08. The first-order valence-corrected chi connectivity index (χ1v) is 7.28. The molecule has 0 aliphatic heterocycles. The van der Waals surface area contributed by atoms with E-state index in [4.69, 9.17) is 20.3 Å². The number of aliphatic carboxylic acids is 1. The highest BCUT2D eigenvalue weighted by Crippen LogP contribution is 2.10. The Bertz CT molecular complexity index is 582. The van der Waals surface area contributed by atoms with Gasteiger partial charge in [0.05, 0.1) is 0 Å². The van der Waals surface area contributed by atoms with Gasteiger partial charge in [0, 0.05) is 0 Å². The van der Waals surface area contributed by atoms with Gasteiger partial charge in [0.25, 0.3) is 0 Å². The first kappa shape index (κ1) is 19.4. The van der Waals surface area contributed by atoms with E-state index in [1.54, 1.807) is 45.0 Å². The largest absolute Gasteiger partial charge is 0.480 e. The van der Waals surface area contributed by atoms with Gasteiger partial charge in [0.2, 0.25) is 0 Å². The van der Waals surface area contributed by atoms with Crippen molar-refractivity contribution in [2.24, 2.45) is 5.73 Å². The lowest BCUT2D eigenvalue weighted by atomic mass is 10.1. The third-order valence-corrected chi connectivity index (χ3v) is 2.79. The van der Waals surface area contributed by atoms with Crippen LogP contribution in [0.1, 0.15) is 26.3 Å². The van der Waals surface area contributed by atoms with Crippen LogP contribution >= 0.6 is 0 Å². The van der Waals surface area contributed by atoms with Crippen LogP contribution in [0.3, 0.4) is 0 Å². The number of benzene rings is 1. The summed E-state index contributed by atoms with van der Waals surface area (Å²) in [5, 5.41) is 11.1. The molecule has 0 saturated heterocycles. The van der Waals surface area contributed by atoms with Gasteiger partial charge in [-0.1, -0.05) is 30.3 Å². The van der Waals surface area contributed by atoms with Crippen LogP contribution in [-0.4, -0.2) is 40.8 Å². The molecule has 132 valence electrons. The molecule has 2 atom stereocenters. The molecule has 1 aromatic rings. The molecule has 0 heterocycles. The molecule has 8 heteroatoms. The zero-order chi connectivity index (χ0) is 18.3. The van der Waals surface area contributed by atoms with Gasteiger partial charge in [-0.2, -0.15) is 0 Å². The lowest BCUT2D eigenvalue weighted by Crippen LogP contribution is -2.57. The number of esters is 1. The molecule has 1 amide bonds. The topological polar surface area (TPSA) is 128 Å². The smallest absolute Gasteiger partial charge is 0.408 e. The Hall–Kier alpha value is -2.61. The number of ether oxygens (including phenoxy) is 2. The van der Waals surface area contributed by atoms with Crippen molar-refractivity contribution in [3.8, 4) is 0 Å². The fraction of sp³-hybridized carbons (Fsp3) is 0.438. The number of carbonyl (C=O) groups is 3. The third kappa shape index (κ3) is 6.66. The number of nitrogens with one attached hydrogen (secondary N) is 1. The number of hydrogen-bond donors (Lipinski definition) is 3. The minimum Gasteiger partial charge on any atom is -0.480 e. The predicted octanol–water partition coefficient (Wildman–Crippen LogP) is 1.03. The van der Waals surface area contributed by atoms with Gasteiger partial charge in [-0.15, -0.1) is 0 Å². The fourth-order valence-corrected chi connectivity index (χ4v) is 1.69. The van der Waals surface area contributed by atoms with Gasteiger partial charge in [0.1, 0.15) is 18.2 Å². The van der Waals surface area contributed by atoms with Gasteiger partial charge in [-0.05, 0) is 26.3 Å². The summed E-state index contributed by atoms with van der Waals surface area (Å²) in [5.41, 5.74) is 5.35. The summed E-state index contributed by atoms with van der Waals surface area (Å²) in [6.07, 6.45) is -0.966. The van der Waals surface area contributed by atoms with Crippen molar-refractivity contribution in [2.45, 2.75) is 45.1 Å². The van der Waals surface area contributed by atoms with Gasteiger partial charge in [0.15, 0.2) is 6.04 Å². The lowest BCUT2D eigenvalue weighted by molar-refractivity contribution is -0.160. The molecule has 0 saturated carbocycles. The zero-order valence-electron chi connectivity index (χ0n) is 13.8. The third-order valence-electron chi connectivity index (χ3n) is 2.79. The number of alkyl carbamates (subject to hydrolysis) is 1. The van der Waals surface area contributed by atoms with E-state index in [-0.39, 0.29) is 6.61 Å². The number of amides is 1. The molecule has 0 aliphatic carbocycles. The van der Waals surface area contributed by atoms with E-state index in [1.165, 1.54) is 0 Å². The number of nitrogens with two attached hydrogens (primary N) is 1. The average molecular weight is 338 g/mol. The van der Waals surface area contributed by atoms with Crippen molar-refractivity contribution < 1.29 is 29.0 Å². The van der Waals surface area contributed by atoms with E-state index >= 15 is 0 Å². The maximum atomic E-state index is 12.1. The normalized spacial score (nSPS) is 13.5. The Labute approximate surface area is 139 Å². The van der Waals surface area contributed by atoms with Gasteiger partial charge >= 0.3 is 18.0 Å². The molecule has 1 rings (SSSR count). The summed E-state index contributed by atoms with van der Waals surface area (Å²) < 4.78 is 10.0. The van der Waals surface area contributed by atoms with Crippen molar-refractivity contribution in [3.63, 3.8) is 0 Å². The fourth-order valence-electron chi connectivity index (χ4n) is 1.69. The maximum Gasteiger partial charge on any atom is 0.408 e. The number of rotatable bonds is 6. The molecule has 0 fully saturated rings. The Balaban J connectivity index is 2.71. The first-order chi connectivity index (χ1) is 11.1. The van der Waals surface area contributed by atoms with Gasteiger partial charge < -0.3 is 25.6 Å². The molecule has 8 nitrogen and oxygen atoms in total. The molecule has 0 radical (unpaired) electrons. The van der Waals surface area contributed by atoms with Crippen LogP contribution in [0.15, 0.2) is 30.3 Å². The van der Waals surface area contributed by atoms with Gasteiger partial charge in [-0.3, -0.25) is 4.79 Å². The molecule has 0 spiro atoms. The second kappa shape index (κ2) is 8.30. The van der Waals surface area contributed by atoms with Crippen LogP contribution in [0.25, 0.3) is 0 Å². The Morgan fingerprint density at radius 3 is 2.29 bits per heavy atom. The monoisotopic (exact) mass is 338 g/mol. The van der Waals surface area contributed by atoms with Gasteiger partial charge in [-0.25, -0.2) is 9.59 Å². The van der Waals surface area contributed by atoms with Crippen LogP contribution < -0.4 is 11.1 Å². The van der Waals surface area contributed by atoms with E-state index in [1.807, 2.05) is 6.07 Å². The van der Waals surface area contributed by atoms with E-state index < -0.39 is 35.7 Å². The summed E-state index contributed by atoms with van der Waals surface area (Å²) in [7, 11) is 0. The molecule has 0 unspecified atom stereocenters. The van der Waals surface area contributed by atoms with Crippen LogP contribution in [0.2, 0.25) is 0 Å². The SMILES string of the molecule is CC(C)(C)OC(=O)[C@H](NC(=O)OCc1ccccc1)[C@@H](N)C(=O)O. The predicted molar refractivity (Wildman–Crippen MR) is 85.0 cm³/mol. The standard InChI is InChI=1S/C16H22N2O6/c1-16(2,3)24-14(21)12(11(17)13(19)20)18-15(22)23-9-10-7-5-4-6-8-10/h4-8,11-12H,9,17H2,1-3H3,(H,18,22)(H,19,20)/t11-,12-/m1/s1. The first-order valence-electron chi connectivity index (χ1n) is 7.28. The summed E-state index contributed by atoms with van der Waals surface area (Å²) in [6.45, 7) is 4.81. The van der Waals surface area contributed by atoms with Crippen molar-refractivity contribution >= 4 is 18.0 Å². The molecular formula is C16H22N2O6. The van der Waals surface area contributed by atoms with Crippen LogP contribution in [0, 0.1) is 0 Å². The quantitative estimate of drug-likeness (QED) is 0.661. The van der Waals surface area contributed by atoms with E-state index in [9.17, 15) is 14.4 Å². The van der Waals surface area contributed by atoms with Crippen molar-refractivity contribution in [3.05, 3.63) is 35.9 Å². The highest BCUT2D eigenvalue weighted by atomic mass is 16.6. The van der Waals surface area contributed by atoms with Crippen LogP contribution in [0.5, 0.6) is 0 Å². The van der Waals surface area contributed by atoms with E-state index in [0.29, 0.717) is 0 Å². The van der Waals surface area contributed by atoms with Crippen molar-refractivity contribution in [1.29, 1.82) is 0 Å². The summed E-state index contributed by atoms with van der Waals surface area (Å²) in [4.78, 5) is 35.0. The Morgan fingerprint density at radius 1 is 1.21 bits per heavy atom. The number of carbonyl (C=O) groups excluding carboxylic acids is 2. The summed E-state index contributed by atoms with van der Waals surface area (Å²) >= 11 is 0. The summed E-state index contributed by atoms with van der Waals surface area (Å²) in [5.74, 6) is -2.40. The Kier molecular flexibility index (Phi) is 6.72. The summed E-state index contributed by atoms with van der Waals surface area (Å²) in [6, 6.07) is 5.65. The number of hydrogen-bond acceptors (Lipinski definition) is 6. The molecule has 4 N–H and O–H groups in total. The highest BCUT2D eigenvalue weighted by molar-refractivity contribution is 5.89. The number of carboxylic acid groups (broad SMARTS) is 1. The van der Waals surface area contributed by atoms with Crippen LogP contribution in [0.4, 0.5) is 4.79 Å². The Morgan fingerprint density at radius 2 is 1.79 bits per heavy atom. The lowest BCUT2D eigenvalue weighted by Gasteiger charge is -2.26. The minimum absolute atomic E-state index is 0.0317. The molecule has 24 heavy (non-hydrogen) atoms. The van der Waals surface area contributed by atoms with Crippen molar-refractivity contribution in [2.75, 3.05) is 0 Å². The molecule has 0 bridgehead atoms. The molecule has 0 aliphatic rings. The minimum atomic E-state index is -1.66. The van der Waals surface area contributed by atoms with Crippen molar-refractivity contribution in [1.82, 2.24) is 5.32 Å². The van der Waals surface area contributed by atoms with E-state index in [0.717, 1.165) is 5.56 Å². The molecule has 1 aromatic carbocycles. The maximum absolute atomic E-state index is 12.1. The number of carboxylic acids is 1.